The second-order valence-corrected chi connectivity index (χ2v) is 7.47. The molecule has 5 nitrogen and oxygen atoms in total. The van der Waals surface area contributed by atoms with Crippen LogP contribution in [-0.2, 0) is 4.79 Å². The Morgan fingerprint density at radius 2 is 1.61 bits per heavy atom. The number of ketones is 2. The molecule has 0 saturated carbocycles. The molecule has 1 heterocycles. The zero-order valence-electron chi connectivity index (χ0n) is 16.8. The van der Waals surface area contributed by atoms with Crippen LogP contribution in [0.1, 0.15) is 33.0 Å². The third kappa shape index (κ3) is 2.94. The van der Waals surface area contributed by atoms with Crippen LogP contribution in [-0.4, -0.2) is 28.8 Å². The number of rotatable bonds is 4. The third-order valence-electron chi connectivity index (χ3n) is 5.78. The van der Waals surface area contributed by atoms with Crippen molar-refractivity contribution in [1.82, 2.24) is 4.98 Å². The van der Waals surface area contributed by atoms with Crippen molar-refractivity contribution in [2.75, 3.05) is 7.11 Å². The van der Waals surface area contributed by atoms with E-state index in [2.05, 4.69) is 4.98 Å². The first kappa shape index (κ1) is 18.9. The van der Waals surface area contributed by atoms with Crippen LogP contribution in [0.4, 0.5) is 0 Å². The lowest BCUT2D eigenvalue weighted by molar-refractivity contribution is -0.112. The van der Waals surface area contributed by atoms with Gasteiger partial charge in [-0.2, -0.15) is 0 Å². The number of para-hydroxylation sites is 1. The van der Waals surface area contributed by atoms with Crippen molar-refractivity contribution in [2.45, 2.75) is 5.92 Å². The van der Waals surface area contributed by atoms with Gasteiger partial charge in [-0.3, -0.25) is 9.59 Å². The smallest absolute Gasteiger partial charge is 0.234 e. The summed E-state index contributed by atoms with van der Waals surface area (Å²) < 4.78 is 5.39. The minimum Gasteiger partial charge on any atom is -0.507 e. The molecule has 5 heteroatoms. The molecule has 3 aromatic carbocycles. The van der Waals surface area contributed by atoms with Gasteiger partial charge in [-0.15, -0.1) is 0 Å². The number of carbonyl (C=O) groups is 2. The summed E-state index contributed by atoms with van der Waals surface area (Å²) >= 11 is 0. The van der Waals surface area contributed by atoms with Gasteiger partial charge < -0.3 is 14.8 Å². The molecule has 0 aliphatic heterocycles. The van der Waals surface area contributed by atoms with Gasteiger partial charge in [-0.25, -0.2) is 0 Å². The first-order valence-corrected chi connectivity index (χ1v) is 9.91. The molecule has 0 bridgehead atoms. The molecule has 0 radical (unpaired) electrons. The summed E-state index contributed by atoms with van der Waals surface area (Å²) in [6.45, 7) is 0. The highest BCUT2D eigenvalue weighted by molar-refractivity contribution is 6.52. The first-order chi connectivity index (χ1) is 15.1. The molecule has 0 fully saturated rings. The molecule has 152 valence electrons. The summed E-state index contributed by atoms with van der Waals surface area (Å²) in [6, 6.07) is 21.7. The summed E-state index contributed by atoms with van der Waals surface area (Å²) in [5.74, 6) is -1.52. The number of methoxy groups -OCH3 is 1. The van der Waals surface area contributed by atoms with Crippen molar-refractivity contribution < 1.29 is 19.4 Å². The summed E-state index contributed by atoms with van der Waals surface area (Å²) in [5, 5.41) is 12.1. The van der Waals surface area contributed by atoms with Crippen LogP contribution in [0.2, 0.25) is 0 Å². The van der Waals surface area contributed by atoms with Gasteiger partial charge in [0.2, 0.25) is 11.6 Å². The number of fused-ring (bicyclic) bond motifs is 2. The number of aromatic amines is 1. The maximum absolute atomic E-state index is 13.3. The van der Waals surface area contributed by atoms with Crippen molar-refractivity contribution in [2.24, 2.45) is 0 Å². The topological polar surface area (TPSA) is 79.4 Å². The lowest BCUT2D eigenvalue weighted by atomic mass is 9.76. The highest BCUT2D eigenvalue weighted by atomic mass is 16.5. The average Bonchev–Trinajstić information content (AvgIpc) is 3.24. The fraction of sp³-hybridized carbons (Fsp3) is 0.0769. The highest BCUT2D eigenvalue weighted by Crippen LogP contribution is 2.42. The van der Waals surface area contributed by atoms with Crippen molar-refractivity contribution >= 4 is 28.2 Å². The van der Waals surface area contributed by atoms with E-state index >= 15 is 0 Å². The lowest BCUT2D eigenvalue weighted by Gasteiger charge is -2.25. The van der Waals surface area contributed by atoms with Crippen molar-refractivity contribution in [3.8, 4) is 5.75 Å². The second-order valence-electron chi connectivity index (χ2n) is 7.47. The van der Waals surface area contributed by atoms with E-state index in [9.17, 15) is 14.7 Å². The van der Waals surface area contributed by atoms with E-state index < -0.39 is 17.5 Å². The number of ether oxygens (including phenoxy) is 1. The predicted octanol–water partition coefficient (Wildman–Crippen LogP) is 5.04. The Morgan fingerprint density at radius 1 is 0.871 bits per heavy atom. The zero-order chi connectivity index (χ0) is 21.5. The van der Waals surface area contributed by atoms with Gasteiger partial charge in [-0.1, -0.05) is 54.6 Å². The van der Waals surface area contributed by atoms with Crippen LogP contribution in [0.15, 0.2) is 84.6 Å². The van der Waals surface area contributed by atoms with Crippen molar-refractivity contribution in [3.63, 3.8) is 0 Å². The maximum atomic E-state index is 13.3. The van der Waals surface area contributed by atoms with E-state index in [1.54, 1.807) is 31.4 Å². The normalized spacial score (nSPS) is 14.6. The largest absolute Gasteiger partial charge is 0.507 e. The van der Waals surface area contributed by atoms with Gasteiger partial charge in [0.05, 0.1) is 12.7 Å². The molecule has 4 aromatic rings. The van der Waals surface area contributed by atoms with Gasteiger partial charge in [0, 0.05) is 34.1 Å². The molecule has 0 amide bonds. The van der Waals surface area contributed by atoms with Crippen molar-refractivity contribution in [3.05, 3.63) is 107 Å². The maximum Gasteiger partial charge on any atom is 0.234 e. The molecule has 1 aromatic heterocycles. The highest BCUT2D eigenvalue weighted by Gasteiger charge is 2.38. The number of nitrogens with one attached hydrogen (secondary N) is 1. The first-order valence-electron chi connectivity index (χ1n) is 9.91. The number of carbonyl (C=O) groups excluding carboxylic acids is 2. The van der Waals surface area contributed by atoms with E-state index in [0.29, 0.717) is 11.3 Å². The van der Waals surface area contributed by atoms with Crippen LogP contribution in [0, 0.1) is 0 Å². The van der Waals surface area contributed by atoms with E-state index in [1.165, 1.54) is 0 Å². The SMILES string of the molecule is COc1cccc(C(C2=C(O)c3ccccc3C(=O)C2=O)c2c[nH]c3ccccc23)c1. The zero-order valence-corrected chi connectivity index (χ0v) is 16.8. The van der Waals surface area contributed by atoms with Crippen LogP contribution >= 0.6 is 0 Å². The number of aliphatic hydroxyl groups excluding tert-OH is 1. The minimum absolute atomic E-state index is 0.0710. The summed E-state index contributed by atoms with van der Waals surface area (Å²) in [6.07, 6.45) is 1.83. The fourth-order valence-electron chi connectivity index (χ4n) is 4.31. The molecule has 1 unspecified atom stereocenters. The number of allylic oxidation sites excluding steroid dienone is 1. The van der Waals surface area contributed by atoms with Crippen LogP contribution in [0.5, 0.6) is 5.75 Å². The Morgan fingerprint density at radius 3 is 2.42 bits per heavy atom. The van der Waals surface area contributed by atoms with Gasteiger partial charge in [0.15, 0.2) is 0 Å². The number of hydrogen-bond donors (Lipinski definition) is 2. The number of aromatic nitrogens is 1. The number of H-pyrrole nitrogens is 1. The van der Waals surface area contributed by atoms with E-state index in [-0.39, 0.29) is 16.9 Å². The fourth-order valence-corrected chi connectivity index (χ4v) is 4.31. The molecular formula is C26H19NO4. The molecular weight excluding hydrogens is 390 g/mol. The number of hydrogen-bond acceptors (Lipinski definition) is 4. The van der Waals surface area contributed by atoms with Gasteiger partial charge in [-0.05, 0) is 29.3 Å². The Bertz CT molecular complexity index is 1380. The second kappa shape index (κ2) is 7.29. The molecule has 0 spiro atoms. The van der Waals surface area contributed by atoms with Crippen LogP contribution < -0.4 is 4.74 Å². The standard InChI is InChI=1S/C26H19NO4/c1-31-16-8-6-7-15(13-16)22(20-14-27-21-12-5-4-9-17(20)21)23-24(28)18-10-2-3-11-19(18)25(29)26(23)30/h2-14,22,27-28H,1H3. The Hall–Kier alpha value is -4.12. The molecule has 2 N–H and O–H groups in total. The van der Waals surface area contributed by atoms with Gasteiger partial charge in [0.25, 0.3) is 0 Å². The monoisotopic (exact) mass is 409 g/mol. The van der Waals surface area contributed by atoms with E-state index in [4.69, 9.17) is 4.74 Å². The molecule has 1 aliphatic rings. The number of aliphatic hydroxyl groups is 1. The van der Waals surface area contributed by atoms with Crippen LogP contribution in [0.25, 0.3) is 16.7 Å². The third-order valence-corrected chi connectivity index (χ3v) is 5.78. The summed E-state index contributed by atoms with van der Waals surface area (Å²) in [4.78, 5) is 29.5. The molecule has 1 aliphatic carbocycles. The molecule has 5 rings (SSSR count). The van der Waals surface area contributed by atoms with Crippen LogP contribution in [0.3, 0.4) is 0 Å². The van der Waals surface area contributed by atoms with E-state index in [1.807, 2.05) is 54.7 Å². The van der Waals surface area contributed by atoms with Gasteiger partial charge >= 0.3 is 0 Å². The Labute approximate surface area is 178 Å². The average molecular weight is 409 g/mol. The van der Waals surface area contributed by atoms with Gasteiger partial charge in [0.1, 0.15) is 11.5 Å². The Balaban J connectivity index is 1.83. The molecule has 31 heavy (non-hydrogen) atoms. The summed E-state index contributed by atoms with van der Waals surface area (Å²) in [5.41, 5.74) is 3.10. The summed E-state index contributed by atoms with van der Waals surface area (Å²) in [7, 11) is 1.57. The molecule has 1 atom stereocenters. The molecule has 0 saturated heterocycles. The number of Topliss-reactive ketones (excluding diaryl/α,β-unsaturated/α-hetero) is 2. The van der Waals surface area contributed by atoms with Crippen molar-refractivity contribution in [1.29, 1.82) is 0 Å². The van der Waals surface area contributed by atoms with E-state index in [0.717, 1.165) is 22.0 Å². The number of benzene rings is 3. The quantitative estimate of drug-likeness (QED) is 0.463. The minimum atomic E-state index is -0.700. The lowest BCUT2D eigenvalue weighted by Crippen LogP contribution is -2.27. The Kier molecular flexibility index (Phi) is 4.44. The predicted molar refractivity (Wildman–Crippen MR) is 118 cm³/mol.